The zero-order chi connectivity index (χ0) is 24.5. The lowest BCUT2D eigenvalue weighted by molar-refractivity contribution is -0.385. The molecule has 0 bridgehead atoms. The number of rotatable bonds is 10. The van der Waals surface area contributed by atoms with E-state index in [2.05, 4.69) is 0 Å². The van der Waals surface area contributed by atoms with Crippen molar-refractivity contribution in [3.8, 4) is 17.2 Å². The van der Waals surface area contributed by atoms with Crippen LogP contribution in [0.5, 0.6) is 17.2 Å². The average molecular weight is 468 g/mol. The smallest absolute Gasteiger partial charge is 0.311 e. The second kappa shape index (κ2) is 11.5. The minimum atomic E-state index is -0.455. The Bertz CT molecular complexity index is 1240. The maximum atomic E-state index is 11.3. The summed E-state index contributed by atoms with van der Waals surface area (Å²) in [5, 5.41) is 11.3. The van der Waals surface area contributed by atoms with Gasteiger partial charge in [0.25, 0.3) is 0 Å². The normalized spacial score (nSPS) is 10.8. The van der Waals surface area contributed by atoms with Crippen LogP contribution in [0.4, 0.5) is 5.69 Å². The zero-order valence-electron chi connectivity index (χ0n) is 19.3. The van der Waals surface area contributed by atoms with Crippen LogP contribution in [0.1, 0.15) is 22.3 Å². The van der Waals surface area contributed by atoms with E-state index < -0.39 is 4.92 Å². The summed E-state index contributed by atoms with van der Waals surface area (Å²) in [6, 6.07) is 30.4. The van der Waals surface area contributed by atoms with Gasteiger partial charge in [-0.15, -0.1) is 0 Å². The topological polar surface area (TPSA) is 70.8 Å². The number of hydrogen-bond acceptors (Lipinski definition) is 5. The Kier molecular flexibility index (Phi) is 7.76. The molecule has 0 unspecified atom stereocenters. The quantitative estimate of drug-likeness (QED) is 0.144. The molecule has 0 radical (unpaired) electrons. The van der Waals surface area contributed by atoms with E-state index in [9.17, 15) is 10.1 Å². The molecule has 0 atom stereocenters. The molecule has 0 aliphatic rings. The lowest BCUT2D eigenvalue weighted by Gasteiger charge is -2.12. The molecule has 0 fully saturated rings. The van der Waals surface area contributed by atoms with Crippen LogP contribution in [0, 0.1) is 10.1 Å². The Hall–Kier alpha value is -4.58. The van der Waals surface area contributed by atoms with Crippen molar-refractivity contribution in [3.63, 3.8) is 0 Å². The van der Waals surface area contributed by atoms with Gasteiger partial charge < -0.3 is 14.2 Å². The van der Waals surface area contributed by atoms with Crippen LogP contribution in [-0.2, 0) is 13.2 Å². The fraction of sp³-hybridized carbons (Fsp3) is 0.103. The first-order chi connectivity index (χ1) is 17.1. The molecule has 6 nitrogen and oxygen atoms in total. The maximum absolute atomic E-state index is 11.3. The SMILES string of the molecule is COc1ccc(/C=C\c2cc(OCc3ccccc3)cc(OCc3ccccc3)c2)cc1[N+](=O)[O-]. The highest BCUT2D eigenvalue weighted by Gasteiger charge is 2.14. The minimum Gasteiger partial charge on any atom is -0.490 e. The van der Waals surface area contributed by atoms with Gasteiger partial charge >= 0.3 is 5.69 Å². The van der Waals surface area contributed by atoms with Crippen LogP contribution in [0.25, 0.3) is 12.2 Å². The summed E-state index contributed by atoms with van der Waals surface area (Å²) in [4.78, 5) is 10.9. The van der Waals surface area contributed by atoms with Gasteiger partial charge in [-0.2, -0.15) is 0 Å². The highest BCUT2D eigenvalue weighted by atomic mass is 16.6. The average Bonchev–Trinajstić information content (AvgIpc) is 2.90. The highest BCUT2D eigenvalue weighted by molar-refractivity contribution is 5.72. The van der Waals surface area contributed by atoms with Crippen molar-refractivity contribution in [1.82, 2.24) is 0 Å². The highest BCUT2D eigenvalue weighted by Crippen LogP contribution is 2.29. The van der Waals surface area contributed by atoms with Crippen molar-refractivity contribution < 1.29 is 19.1 Å². The second-order valence-corrected chi connectivity index (χ2v) is 7.81. The molecule has 0 amide bonds. The molecule has 0 aliphatic heterocycles. The standard InChI is InChI=1S/C29H25NO5/c1-33-29-15-14-22(18-28(29)30(31)32)12-13-25-16-26(34-20-23-8-4-2-5-9-23)19-27(17-25)35-21-24-10-6-3-7-11-24/h2-19H,20-21H2,1H3/b13-12-. The zero-order valence-corrected chi connectivity index (χ0v) is 19.3. The van der Waals surface area contributed by atoms with Gasteiger partial charge in [0.15, 0.2) is 5.75 Å². The molecule has 35 heavy (non-hydrogen) atoms. The molecule has 0 spiro atoms. The van der Waals surface area contributed by atoms with Crippen LogP contribution in [0.2, 0.25) is 0 Å². The van der Waals surface area contributed by atoms with Gasteiger partial charge in [-0.1, -0.05) is 78.9 Å². The molecule has 4 aromatic rings. The third-order valence-electron chi connectivity index (χ3n) is 5.27. The van der Waals surface area contributed by atoms with Crippen molar-refractivity contribution in [3.05, 3.63) is 129 Å². The van der Waals surface area contributed by atoms with E-state index >= 15 is 0 Å². The Morgan fingerprint density at radius 1 is 0.714 bits per heavy atom. The van der Waals surface area contributed by atoms with Crippen molar-refractivity contribution >= 4 is 17.8 Å². The Morgan fingerprint density at radius 3 is 1.77 bits per heavy atom. The molecule has 0 aromatic heterocycles. The van der Waals surface area contributed by atoms with E-state index in [0.29, 0.717) is 30.3 Å². The van der Waals surface area contributed by atoms with E-state index in [1.807, 2.05) is 91.0 Å². The van der Waals surface area contributed by atoms with Gasteiger partial charge in [0.2, 0.25) is 0 Å². The fourth-order valence-corrected chi connectivity index (χ4v) is 3.48. The molecule has 0 saturated carbocycles. The summed E-state index contributed by atoms with van der Waals surface area (Å²) in [5.41, 5.74) is 3.56. The van der Waals surface area contributed by atoms with Crippen LogP contribution >= 0.6 is 0 Å². The monoisotopic (exact) mass is 467 g/mol. The second-order valence-electron chi connectivity index (χ2n) is 7.81. The van der Waals surface area contributed by atoms with Gasteiger partial charge in [0, 0.05) is 12.1 Å². The molecular formula is C29H25NO5. The largest absolute Gasteiger partial charge is 0.490 e. The summed E-state index contributed by atoms with van der Waals surface area (Å²) in [7, 11) is 1.41. The van der Waals surface area contributed by atoms with Crippen molar-refractivity contribution in [2.24, 2.45) is 0 Å². The Morgan fingerprint density at radius 2 is 1.26 bits per heavy atom. The van der Waals surface area contributed by atoms with Gasteiger partial charge in [0.05, 0.1) is 12.0 Å². The molecule has 0 N–H and O–H groups in total. The van der Waals surface area contributed by atoms with Crippen molar-refractivity contribution in [2.75, 3.05) is 7.11 Å². The lowest BCUT2D eigenvalue weighted by Crippen LogP contribution is -1.98. The molecule has 176 valence electrons. The Balaban J connectivity index is 1.57. The van der Waals surface area contributed by atoms with E-state index in [1.54, 1.807) is 12.1 Å². The van der Waals surface area contributed by atoms with Gasteiger partial charge in [0.1, 0.15) is 24.7 Å². The molecule has 4 aromatic carbocycles. The molecule has 0 aliphatic carbocycles. The van der Waals surface area contributed by atoms with Crippen molar-refractivity contribution in [2.45, 2.75) is 13.2 Å². The summed E-state index contributed by atoms with van der Waals surface area (Å²) in [5.74, 6) is 1.56. The third kappa shape index (κ3) is 6.71. The summed E-state index contributed by atoms with van der Waals surface area (Å²) >= 11 is 0. The number of methoxy groups -OCH3 is 1. The maximum Gasteiger partial charge on any atom is 0.311 e. The molecular weight excluding hydrogens is 442 g/mol. The van der Waals surface area contributed by atoms with Crippen LogP contribution < -0.4 is 14.2 Å². The summed E-state index contributed by atoms with van der Waals surface area (Å²) in [6.07, 6.45) is 3.68. The molecule has 0 saturated heterocycles. The van der Waals surface area contributed by atoms with Crippen molar-refractivity contribution in [1.29, 1.82) is 0 Å². The van der Waals surface area contributed by atoms with E-state index in [-0.39, 0.29) is 11.4 Å². The Labute approximate surface area is 204 Å². The van der Waals surface area contributed by atoms with Crippen LogP contribution in [0.3, 0.4) is 0 Å². The number of nitro groups is 1. The lowest BCUT2D eigenvalue weighted by atomic mass is 10.1. The number of hydrogen-bond donors (Lipinski definition) is 0. The van der Waals surface area contributed by atoms with E-state index in [0.717, 1.165) is 16.7 Å². The first-order valence-corrected chi connectivity index (χ1v) is 11.1. The third-order valence-corrected chi connectivity index (χ3v) is 5.27. The summed E-state index contributed by atoms with van der Waals surface area (Å²) < 4.78 is 17.2. The number of nitro benzene ring substituents is 1. The number of ether oxygens (including phenoxy) is 3. The van der Waals surface area contributed by atoms with Crippen LogP contribution in [-0.4, -0.2) is 12.0 Å². The van der Waals surface area contributed by atoms with Gasteiger partial charge in [-0.25, -0.2) is 0 Å². The van der Waals surface area contributed by atoms with Gasteiger partial charge in [-0.05, 0) is 40.5 Å². The predicted molar refractivity (Wildman–Crippen MR) is 137 cm³/mol. The molecule has 4 rings (SSSR count). The predicted octanol–water partition coefficient (Wildman–Crippen LogP) is 6.93. The fourth-order valence-electron chi connectivity index (χ4n) is 3.48. The van der Waals surface area contributed by atoms with E-state index in [4.69, 9.17) is 14.2 Å². The van der Waals surface area contributed by atoms with E-state index in [1.165, 1.54) is 13.2 Å². The summed E-state index contributed by atoms with van der Waals surface area (Å²) in [6.45, 7) is 0.855. The molecule has 6 heteroatoms. The number of benzene rings is 4. The number of nitrogens with zero attached hydrogens (tertiary/aromatic N) is 1. The van der Waals surface area contributed by atoms with Crippen LogP contribution in [0.15, 0.2) is 97.1 Å². The molecule has 0 heterocycles. The van der Waals surface area contributed by atoms with Gasteiger partial charge in [-0.3, -0.25) is 10.1 Å². The first-order valence-electron chi connectivity index (χ1n) is 11.1. The minimum absolute atomic E-state index is 0.0820. The first kappa shape index (κ1) is 23.6.